The molecule has 0 spiro atoms. The number of hydrogen-bond donors (Lipinski definition) is 0. The van der Waals surface area contributed by atoms with Crippen LogP contribution in [-0.2, 0) is 4.74 Å². The van der Waals surface area contributed by atoms with Crippen LogP contribution in [0.4, 0.5) is 8.78 Å². The molecule has 0 aliphatic heterocycles. The first-order chi connectivity index (χ1) is 6.74. The van der Waals surface area contributed by atoms with E-state index in [0.29, 0.717) is 12.2 Å². The van der Waals surface area contributed by atoms with Crippen LogP contribution >= 0.6 is 11.6 Å². The fraction of sp³-hybridized carbons (Fsp3) is 0.200. The Labute approximate surface area is 85.9 Å². The molecule has 0 aliphatic rings. The lowest BCUT2D eigenvalue weighted by Crippen LogP contribution is -1.87. The molecule has 0 aromatic heterocycles. The molecule has 0 amide bonds. The smallest absolute Gasteiger partial charge is 0.159 e. The van der Waals surface area contributed by atoms with Gasteiger partial charge < -0.3 is 4.74 Å². The molecule has 14 heavy (non-hydrogen) atoms. The van der Waals surface area contributed by atoms with Gasteiger partial charge in [-0.3, -0.25) is 0 Å². The van der Waals surface area contributed by atoms with E-state index in [0.717, 1.165) is 12.1 Å². The van der Waals surface area contributed by atoms with Crippen molar-refractivity contribution in [2.75, 3.05) is 12.7 Å². The second-order valence-electron chi connectivity index (χ2n) is 2.56. The molecule has 1 aromatic rings. The maximum Gasteiger partial charge on any atom is 0.159 e. The van der Waals surface area contributed by atoms with Crippen molar-refractivity contribution in [3.63, 3.8) is 0 Å². The summed E-state index contributed by atoms with van der Waals surface area (Å²) in [6, 6.07) is 3.79. The lowest BCUT2D eigenvalue weighted by molar-refractivity contribution is 0.213. The molecule has 0 N–H and O–H groups in total. The Morgan fingerprint density at radius 3 is 2.71 bits per heavy atom. The van der Waals surface area contributed by atoms with Gasteiger partial charge in [0.05, 0.1) is 6.61 Å². The highest BCUT2D eigenvalue weighted by atomic mass is 35.5. The van der Waals surface area contributed by atoms with Gasteiger partial charge >= 0.3 is 0 Å². The minimum absolute atomic E-state index is 0.113. The Morgan fingerprint density at radius 2 is 2.07 bits per heavy atom. The molecule has 0 radical (unpaired) electrons. The highest BCUT2D eigenvalue weighted by Gasteiger charge is 1.99. The molecule has 0 saturated heterocycles. The van der Waals surface area contributed by atoms with Crippen molar-refractivity contribution in [1.82, 2.24) is 0 Å². The molecule has 1 rings (SSSR count). The molecule has 0 saturated carbocycles. The van der Waals surface area contributed by atoms with Gasteiger partial charge in [-0.2, -0.15) is 0 Å². The number of hydrogen-bond acceptors (Lipinski definition) is 1. The minimum Gasteiger partial charge on any atom is -0.362 e. The van der Waals surface area contributed by atoms with E-state index >= 15 is 0 Å². The summed E-state index contributed by atoms with van der Waals surface area (Å²) in [5.74, 6) is -1.70. The van der Waals surface area contributed by atoms with Crippen LogP contribution in [0.5, 0.6) is 0 Å². The highest BCUT2D eigenvalue weighted by Crippen LogP contribution is 2.09. The Morgan fingerprint density at radius 1 is 1.29 bits per heavy atom. The number of benzene rings is 1. The maximum atomic E-state index is 12.7. The summed E-state index contributed by atoms with van der Waals surface area (Å²) in [4.78, 5) is 0. The van der Waals surface area contributed by atoms with Crippen LogP contribution in [-0.4, -0.2) is 12.7 Å². The van der Waals surface area contributed by atoms with E-state index < -0.39 is 11.6 Å². The molecular weight excluding hydrogens is 210 g/mol. The van der Waals surface area contributed by atoms with Gasteiger partial charge in [-0.25, -0.2) is 8.78 Å². The summed E-state index contributed by atoms with van der Waals surface area (Å²) in [5, 5.41) is 0. The van der Waals surface area contributed by atoms with Gasteiger partial charge in [-0.1, -0.05) is 29.8 Å². The molecule has 1 nitrogen and oxygen atoms in total. The van der Waals surface area contributed by atoms with Gasteiger partial charge in [-0.15, -0.1) is 0 Å². The van der Waals surface area contributed by atoms with Crippen LogP contribution in [0.15, 0.2) is 24.3 Å². The molecule has 0 bridgehead atoms. The lowest BCUT2D eigenvalue weighted by atomic mass is 10.2. The second kappa shape index (κ2) is 5.73. The Bertz CT molecular complexity index is 326. The number of halogens is 3. The SMILES string of the molecule is Fc1ccc(/C=C/COCCl)cc1F. The molecule has 0 fully saturated rings. The van der Waals surface area contributed by atoms with Gasteiger partial charge in [0.2, 0.25) is 0 Å². The van der Waals surface area contributed by atoms with Crippen LogP contribution in [0.3, 0.4) is 0 Å². The fourth-order valence-corrected chi connectivity index (χ4v) is 1.00. The number of rotatable bonds is 4. The van der Waals surface area contributed by atoms with E-state index in [1.54, 1.807) is 12.2 Å². The summed E-state index contributed by atoms with van der Waals surface area (Å²) in [7, 11) is 0. The zero-order valence-electron chi connectivity index (χ0n) is 7.34. The van der Waals surface area contributed by atoms with Crippen LogP contribution in [0.2, 0.25) is 0 Å². The minimum atomic E-state index is -0.856. The maximum absolute atomic E-state index is 12.7. The first-order valence-corrected chi connectivity index (χ1v) is 4.53. The van der Waals surface area contributed by atoms with Crippen LogP contribution in [0.1, 0.15) is 5.56 Å². The molecule has 1 aromatic carbocycles. The Hall–Kier alpha value is -0.930. The van der Waals surface area contributed by atoms with E-state index in [2.05, 4.69) is 0 Å². The van der Waals surface area contributed by atoms with Crippen molar-refractivity contribution in [2.24, 2.45) is 0 Å². The van der Waals surface area contributed by atoms with E-state index in [-0.39, 0.29) is 6.07 Å². The van der Waals surface area contributed by atoms with Gasteiger partial charge in [0.25, 0.3) is 0 Å². The van der Waals surface area contributed by atoms with Crippen molar-refractivity contribution < 1.29 is 13.5 Å². The number of ether oxygens (including phenoxy) is 1. The standard InChI is InChI=1S/C10H9ClF2O/c11-7-14-5-1-2-8-3-4-9(12)10(13)6-8/h1-4,6H,5,7H2/b2-1+. The first-order valence-electron chi connectivity index (χ1n) is 3.99. The first kappa shape index (κ1) is 11.1. The predicted molar refractivity (Wildman–Crippen MR) is 52.1 cm³/mol. The van der Waals surface area contributed by atoms with Gasteiger partial charge in [0.15, 0.2) is 11.6 Å². The monoisotopic (exact) mass is 218 g/mol. The van der Waals surface area contributed by atoms with E-state index in [1.807, 2.05) is 0 Å². The van der Waals surface area contributed by atoms with Crippen molar-refractivity contribution in [3.05, 3.63) is 41.5 Å². The summed E-state index contributed by atoms with van der Waals surface area (Å²) in [6.45, 7) is 0.350. The molecule has 0 atom stereocenters. The summed E-state index contributed by atoms with van der Waals surface area (Å²) >= 11 is 5.26. The van der Waals surface area contributed by atoms with Crippen molar-refractivity contribution in [3.8, 4) is 0 Å². The third-order valence-corrected chi connectivity index (χ3v) is 1.70. The van der Waals surface area contributed by atoms with Crippen LogP contribution in [0.25, 0.3) is 6.08 Å². The van der Waals surface area contributed by atoms with E-state index in [4.69, 9.17) is 16.3 Å². The average molecular weight is 219 g/mol. The quantitative estimate of drug-likeness (QED) is 0.557. The second-order valence-corrected chi connectivity index (χ2v) is 2.77. The highest BCUT2D eigenvalue weighted by molar-refractivity contribution is 6.17. The Balaban J connectivity index is 2.59. The van der Waals surface area contributed by atoms with E-state index in [1.165, 1.54) is 6.07 Å². The molecule has 4 heteroatoms. The topological polar surface area (TPSA) is 9.23 Å². The normalized spacial score (nSPS) is 11.1. The van der Waals surface area contributed by atoms with Gasteiger partial charge in [0.1, 0.15) is 6.07 Å². The van der Waals surface area contributed by atoms with Gasteiger partial charge in [-0.05, 0) is 17.7 Å². The third-order valence-electron chi connectivity index (χ3n) is 1.55. The summed E-state index contributed by atoms with van der Waals surface area (Å²) in [6.07, 6.45) is 3.31. The lowest BCUT2D eigenvalue weighted by Gasteiger charge is -1.95. The zero-order chi connectivity index (χ0) is 10.4. The van der Waals surface area contributed by atoms with Crippen molar-refractivity contribution in [1.29, 1.82) is 0 Å². The number of alkyl halides is 1. The summed E-state index contributed by atoms with van der Waals surface area (Å²) in [5.41, 5.74) is 0.585. The zero-order valence-corrected chi connectivity index (χ0v) is 8.10. The Kier molecular flexibility index (Phi) is 4.56. The van der Waals surface area contributed by atoms with Crippen LogP contribution in [0, 0.1) is 11.6 Å². The predicted octanol–water partition coefficient (Wildman–Crippen LogP) is 3.19. The summed E-state index contributed by atoms with van der Waals surface area (Å²) < 4.78 is 30.0. The molecule has 0 unspecified atom stereocenters. The largest absolute Gasteiger partial charge is 0.362 e. The van der Waals surface area contributed by atoms with Crippen molar-refractivity contribution in [2.45, 2.75) is 0 Å². The fourth-order valence-electron chi connectivity index (χ4n) is 0.913. The molecule has 0 aliphatic carbocycles. The molecule has 0 heterocycles. The molecule has 76 valence electrons. The van der Waals surface area contributed by atoms with Crippen LogP contribution < -0.4 is 0 Å². The van der Waals surface area contributed by atoms with Crippen molar-refractivity contribution >= 4 is 17.7 Å². The third kappa shape index (κ3) is 3.44. The average Bonchev–Trinajstić information content (AvgIpc) is 2.18. The molecular formula is C10H9ClF2O. The van der Waals surface area contributed by atoms with Gasteiger partial charge in [0, 0.05) is 0 Å². The van der Waals surface area contributed by atoms with E-state index in [9.17, 15) is 8.78 Å².